The second-order valence-corrected chi connectivity index (χ2v) is 4.52. The van der Waals surface area contributed by atoms with E-state index in [0.717, 1.165) is 5.56 Å². The highest BCUT2D eigenvalue weighted by Gasteiger charge is 2.16. The van der Waals surface area contributed by atoms with Crippen LogP contribution in [0.15, 0.2) is 23.0 Å². The zero-order chi connectivity index (χ0) is 13.7. The van der Waals surface area contributed by atoms with Crippen LogP contribution in [0.2, 0.25) is 0 Å². The third kappa shape index (κ3) is 1.49. The lowest BCUT2D eigenvalue weighted by Gasteiger charge is -1.99. The molecule has 1 aliphatic heterocycles. The van der Waals surface area contributed by atoms with E-state index in [2.05, 4.69) is 20.2 Å². The number of imidazole rings is 1. The van der Waals surface area contributed by atoms with Crippen molar-refractivity contribution in [2.45, 2.75) is 6.92 Å². The van der Waals surface area contributed by atoms with Crippen LogP contribution in [0.5, 0.6) is 11.5 Å². The first-order valence-corrected chi connectivity index (χ1v) is 6.07. The predicted octanol–water partition coefficient (Wildman–Crippen LogP) is 1.35. The Morgan fingerprint density at radius 3 is 2.95 bits per heavy atom. The van der Waals surface area contributed by atoms with Gasteiger partial charge in [-0.25, -0.2) is 10.1 Å². The molecule has 1 aromatic carbocycles. The van der Waals surface area contributed by atoms with Gasteiger partial charge in [0.15, 0.2) is 11.5 Å². The number of nitrogens with one attached hydrogen (secondary N) is 2. The van der Waals surface area contributed by atoms with Crippen molar-refractivity contribution in [2.24, 2.45) is 0 Å². The van der Waals surface area contributed by atoms with Gasteiger partial charge in [0.2, 0.25) is 6.79 Å². The van der Waals surface area contributed by atoms with E-state index in [1.807, 2.05) is 18.2 Å². The molecule has 0 saturated carbocycles. The highest BCUT2D eigenvalue weighted by molar-refractivity contribution is 5.80. The molecule has 0 amide bonds. The van der Waals surface area contributed by atoms with Gasteiger partial charge < -0.3 is 14.5 Å². The number of ether oxygens (including phenoxy) is 2. The molecule has 0 fully saturated rings. The van der Waals surface area contributed by atoms with Gasteiger partial charge in [-0.2, -0.15) is 5.10 Å². The smallest absolute Gasteiger partial charge is 0.290 e. The fourth-order valence-corrected chi connectivity index (χ4v) is 2.22. The summed E-state index contributed by atoms with van der Waals surface area (Å²) in [6.45, 7) is 2.02. The van der Waals surface area contributed by atoms with Gasteiger partial charge in [0.25, 0.3) is 5.56 Å². The van der Waals surface area contributed by atoms with Crippen LogP contribution in [0.3, 0.4) is 0 Å². The maximum atomic E-state index is 11.7. The number of aromatic amines is 2. The lowest BCUT2D eigenvalue weighted by molar-refractivity contribution is 0.174. The number of benzene rings is 1. The van der Waals surface area contributed by atoms with Crippen LogP contribution >= 0.6 is 0 Å². The number of hydrogen-bond donors (Lipinski definition) is 2. The van der Waals surface area contributed by atoms with E-state index in [9.17, 15) is 4.79 Å². The quantitative estimate of drug-likeness (QED) is 0.696. The molecule has 0 radical (unpaired) electrons. The minimum absolute atomic E-state index is 0.224. The second-order valence-electron chi connectivity index (χ2n) is 4.52. The van der Waals surface area contributed by atoms with E-state index >= 15 is 0 Å². The first kappa shape index (κ1) is 11.0. The van der Waals surface area contributed by atoms with E-state index in [1.54, 1.807) is 6.92 Å². The fourth-order valence-electron chi connectivity index (χ4n) is 2.22. The summed E-state index contributed by atoms with van der Waals surface area (Å²) in [4.78, 5) is 19.2. The van der Waals surface area contributed by atoms with E-state index in [4.69, 9.17) is 9.47 Å². The van der Waals surface area contributed by atoms with Crippen molar-refractivity contribution in [1.29, 1.82) is 0 Å². The summed E-state index contributed by atoms with van der Waals surface area (Å²) in [5, 5.41) is 6.33. The highest BCUT2D eigenvalue weighted by atomic mass is 16.7. The van der Waals surface area contributed by atoms with E-state index in [1.165, 1.54) is 0 Å². The average Bonchev–Trinajstić information content (AvgIpc) is 3.08. The Morgan fingerprint density at radius 2 is 2.10 bits per heavy atom. The first-order chi connectivity index (χ1) is 9.72. The number of H-pyrrole nitrogens is 2. The molecule has 2 aromatic heterocycles. The highest BCUT2D eigenvalue weighted by Crippen LogP contribution is 2.35. The Balaban J connectivity index is 1.92. The van der Waals surface area contributed by atoms with Crippen LogP contribution in [-0.4, -0.2) is 27.0 Å². The number of rotatable bonds is 1. The lowest BCUT2D eigenvalue weighted by Crippen LogP contribution is -2.09. The number of fused-ring (bicyclic) bond motifs is 2. The average molecular weight is 270 g/mol. The summed E-state index contributed by atoms with van der Waals surface area (Å²) < 4.78 is 10.6. The number of hydrogen-bond acceptors (Lipinski definition) is 5. The Labute approximate surface area is 112 Å². The molecule has 3 heterocycles. The zero-order valence-corrected chi connectivity index (χ0v) is 10.6. The Morgan fingerprint density at radius 1 is 1.25 bits per heavy atom. The van der Waals surface area contributed by atoms with Crippen molar-refractivity contribution >= 4 is 11.0 Å². The minimum Gasteiger partial charge on any atom is -0.454 e. The summed E-state index contributed by atoms with van der Waals surface area (Å²) in [5.74, 6) is 1.98. The van der Waals surface area contributed by atoms with Crippen molar-refractivity contribution < 1.29 is 9.47 Å². The minimum atomic E-state index is -0.287. The van der Waals surface area contributed by atoms with Gasteiger partial charge >= 0.3 is 0 Å². The lowest BCUT2D eigenvalue weighted by atomic mass is 10.2. The molecule has 0 saturated heterocycles. The molecule has 0 bridgehead atoms. The third-order valence-corrected chi connectivity index (χ3v) is 3.24. The molecule has 0 aliphatic carbocycles. The molecule has 7 heteroatoms. The Kier molecular flexibility index (Phi) is 2.11. The molecule has 0 atom stereocenters. The fraction of sp³-hybridized carbons (Fsp3) is 0.154. The maximum Gasteiger partial charge on any atom is 0.290 e. The molecule has 7 nitrogen and oxygen atoms in total. The van der Waals surface area contributed by atoms with E-state index < -0.39 is 0 Å². The van der Waals surface area contributed by atoms with Crippen molar-refractivity contribution in [3.05, 3.63) is 34.2 Å². The van der Waals surface area contributed by atoms with Crippen LogP contribution in [0.1, 0.15) is 5.69 Å². The molecule has 4 rings (SSSR count). The predicted molar refractivity (Wildman–Crippen MR) is 70.8 cm³/mol. The largest absolute Gasteiger partial charge is 0.454 e. The summed E-state index contributed by atoms with van der Waals surface area (Å²) in [6.07, 6.45) is 0. The SMILES string of the molecule is Cc1n[nH]c(=O)c2[nH]c(-c3ccc4c(c3)OCO4)nc12. The molecular weight excluding hydrogens is 260 g/mol. The second kappa shape index (κ2) is 3.83. The van der Waals surface area contributed by atoms with Gasteiger partial charge in [0, 0.05) is 5.56 Å². The van der Waals surface area contributed by atoms with Crippen LogP contribution in [0, 0.1) is 6.92 Å². The van der Waals surface area contributed by atoms with Gasteiger partial charge in [-0.1, -0.05) is 0 Å². The topological polar surface area (TPSA) is 92.9 Å². The zero-order valence-electron chi connectivity index (χ0n) is 10.6. The Hall–Kier alpha value is -2.83. The standard InChI is InChI=1S/C13H10N4O3/c1-6-10-11(13(18)17-16-6)15-12(14-10)7-2-3-8-9(4-7)20-5-19-8/h2-4H,5H2,1H3,(H,14,15)(H,17,18). The molecular formula is C13H10N4O3. The van der Waals surface area contributed by atoms with Crippen LogP contribution in [-0.2, 0) is 0 Å². The normalized spacial score (nSPS) is 13.1. The van der Waals surface area contributed by atoms with E-state index in [-0.39, 0.29) is 12.4 Å². The van der Waals surface area contributed by atoms with Gasteiger partial charge in [-0.15, -0.1) is 0 Å². The van der Waals surface area contributed by atoms with Crippen molar-refractivity contribution in [2.75, 3.05) is 6.79 Å². The summed E-state index contributed by atoms with van der Waals surface area (Å²) in [7, 11) is 0. The summed E-state index contributed by atoms with van der Waals surface area (Å²) >= 11 is 0. The first-order valence-electron chi connectivity index (χ1n) is 6.07. The van der Waals surface area contributed by atoms with Gasteiger partial charge in [-0.3, -0.25) is 4.79 Å². The number of aromatic nitrogens is 4. The van der Waals surface area contributed by atoms with E-state index in [0.29, 0.717) is 34.1 Å². The van der Waals surface area contributed by atoms with Crippen LogP contribution in [0.25, 0.3) is 22.4 Å². The molecule has 0 spiro atoms. The summed E-state index contributed by atoms with van der Waals surface area (Å²) in [6, 6.07) is 5.51. The molecule has 100 valence electrons. The van der Waals surface area contributed by atoms with Crippen molar-refractivity contribution in [3.63, 3.8) is 0 Å². The van der Waals surface area contributed by atoms with Crippen LogP contribution in [0.4, 0.5) is 0 Å². The third-order valence-electron chi connectivity index (χ3n) is 3.24. The monoisotopic (exact) mass is 270 g/mol. The van der Waals surface area contributed by atoms with Gasteiger partial charge in [-0.05, 0) is 25.1 Å². The molecule has 2 N–H and O–H groups in total. The number of aryl methyl sites for hydroxylation is 1. The van der Waals surface area contributed by atoms with Gasteiger partial charge in [0.1, 0.15) is 16.9 Å². The number of nitrogens with zero attached hydrogens (tertiary/aromatic N) is 2. The van der Waals surface area contributed by atoms with Crippen molar-refractivity contribution in [1.82, 2.24) is 20.2 Å². The molecule has 3 aromatic rings. The van der Waals surface area contributed by atoms with Gasteiger partial charge in [0.05, 0.1) is 5.69 Å². The van der Waals surface area contributed by atoms with Crippen molar-refractivity contribution in [3.8, 4) is 22.9 Å². The maximum absolute atomic E-state index is 11.7. The molecule has 20 heavy (non-hydrogen) atoms. The molecule has 1 aliphatic rings. The Bertz CT molecular complexity index is 881. The summed E-state index contributed by atoms with van der Waals surface area (Å²) in [5.41, 5.74) is 2.20. The molecule has 0 unspecified atom stereocenters. The van der Waals surface area contributed by atoms with Crippen LogP contribution < -0.4 is 15.0 Å².